The van der Waals surface area contributed by atoms with E-state index in [9.17, 15) is 14.4 Å². The molecule has 0 bridgehead atoms. The Kier molecular flexibility index (Phi) is 6.58. The first-order chi connectivity index (χ1) is 14.7. The number of carbonyl (C=O) groups excluding carboxylic acids is 3. The number of hydrogen-bond donors (Lipinski definition) is 1. The lowest BCUT2D eigenvalue weighted by atomic mass is 10.0. The van der Waals surface area contributed by atoms with E-state index in [1.165, 1.54) is 7.11 Å². The normalized spacial score (nSPS) is 13.9. The highest BCUT2D eigenvalue weighted by Crippen LogP contribution is 2.30. The van der Waals surface area contributed by atoms with Crippen LogP contribution in [-0.4, -0.2) is 48.3 Å². The van der Waals surface area contributed by atoms with E-state index >= 15 is 0 Å². The maximum Gasteiger partial charge on any atom is 0.408 e. The summed E-state index contributed by atoms with van der Waals surface area (Å²) in [7, 11) is 1.28. The van der Waals surface area contributed by atoms with Gasteiger partial charge in [0.2, 0.25) is 0 Å². The average Bonchev–Trinajstić information content (AvgIpc) is 3.14. The minimum absolute atomic E-state index is 0.0760. The van der Waals surface area contributed by atoms with E-state index in [1.807, 2.05) is 18.2 Å². The van der Waals surface area contributed by atoms with Gasteiger partial charge in [0.1, 0.15) is 11.6 Å². The number of pyridine rings is 1. The molecule has 1 aromatic heterocycles. The molecule has 164 valence electrons. The standard InChI is InChI=1S/C23H27N3O5/c1-23(2,3)31-22(29)25-18(21(28)30-4)14-15-5-6-19-17(13-15)9-12-26(19)20(27)16-7-10-24-11-8-16/h5-8,10-11,13,18H,9,12,14H2,1-4H3,(H,25,29). The molecule has 0 saturated carbocycles. The van der Waals surface area contributed by atoms with Crippen LogP contribution in [0.5, 0.6) is 0 Å². The molecule has 0 radical (unpaired) electrons. The highest BCUT2D eigenvalue weighted by atomic mass is 16.6. The zero-order chi connectivity index (χ0) is 22.6. The number of aromatic nitrogens is 1. The summed E-state index contributed by atoms with van der Waals surface area (Å²) >= 11 is 0. The number of anilines is 1. The molecule has 1 N–H and O–H groups in total. The van der Waals surface area contributed by atoms with Crippen LogP contribution in [0.1, 0.15) is 42.3 Å². The van der Waals surface area contributed by atoms with Crippen molar-refractivity contribution in [2.45, 2.75) is 45.3 Å². The van der Waals surface area contributed by atoms with Gasteiger partial charge in [0.05, 0.1) is 7.11 Å². The predicted octanol–water partition coefficient (Wildman–Crippen LogP) is 2.89. The monoisotopic (exact) mass is 425 g/mol. The van der Waals surface area contributed by atoms with Crippen molar-refractivity contribution in [2.24, 2.45) is 0 Å². The number of fused-ring (bicyclic) bond motifs is 1. The first kappa shape index (κ1) is 22.3. The molecule has 8 heteroatoms. The number of ether oxygens (including phenoxy) is 2. The molecule has 0 fully saturated rings. The van der Waals surface area contributed by atoms with Crippen molar-refractivity contribution in [3.63, 3.8) is 0 Å². The van der Waals surface area contributed by atoms with E-state index in [4.69, 9.17) is 9.47 Å². The summed E-state index contributed by atoms with van der Waals surface area (Å²) in [5, 5.41) is 2.58. The van der Waals surface area contributed by atoms with Gasteiger partial charge in [-0.25, -0.2) is 9.59 Å². The summed E-state index contributed by atoms with van der Waals surface area (Å²) in [6.45, 7) is 5.83. The van der Waals surface area contributed by atoms with Crippen LogP contribution in [0.3, 0.4) is 0 Å². The summed E-state index contributed by atoms with van der Waals surface area (Å²) in [5.41, 5.74) is 2.62. The third kappa shape index (κ3) is 5.59. The average molecular weight is 425 g/mol. The maximum atomic E-state index is 12.8. The second-order valence-electron chi connectivity index (χ2n) is 8.33. The number of hydrogen-bond acceptors (Lipinski definition) is 6. The molecule has 1 aromatic carbocycles. The summed E-state index contributed by atoms with van der Waals surface area (Å²) in [6.07, 6.45) is 3.47. The van der Waals surface area contributed by atoms with Crippen LogP contribution in [0, 0.1) is 0 Å². The van der Waals surface area contributed by atoms with Crippen molar-refractivity contribution in [3.8, 4) is 0 Å². The summed E-state index contributed by atoms with van der Waals surface area (Å²) < 4.78 is 10.1. The molecule has 1 atom stereocenters. The Balaban J connectivity index is 1.74. The van der Waals surface area contributed by atoms with Crippen LogP contribution in [0.2, 0.25) is 0 Å². The van der Waals surface area contributed by atoms with Gasteiger partial charge in [-0.1, -0.05) is 12.1 Å². The SMILES string of the molecule is COC(=O)C(Cc1ccc2c(c1)CCN2C(=O)c1ccncc1)NC(=O)OC(C)(C)C. The molecule has 1 unspecified atom stereocenters. The number of benzene rings is 1. The van der Waals surface area contributed by atoms with Crippen LogP contribution in [0.15, 0.2) is 42.7 Å². The van der Waals surface area contributed by atoms with Crippen LogP contribution < -0.4 is 10.2 Å². The van der Waals surface area contributed by atoms with E-state index in [1.54, 1.807) is 50.2 Å². The number of amides is 2. The molecular weight excluding hydrogens is 398 g/mol. The van der Waals surface area contributed by atoms with Gasteiger partial charge in [-0.2, -0.15) is 0 Å². The number of esters is 1. The van der Waals surface area contributed by atoms with Crippen LogP contribution in [0.4, 0.5) is 10.5 Å². The van der Waals surface area contributed by atoms with Crippen LogP contribution >= 0.6 is 0 Å². The number of rotatable bonds is 5. The summed E-state index contributed by atoms with van der Waals surface area (Å²) in [4.78, 5) is 42.8. The van der Waals surface area contributed by atoms with Crippen LogP contribution in [-0.2, 0) is 27.1 Å². The molecule has 31 heavy (non-hydrogen) atoms. The second kappa shape index (κ2) is 9.16. The minimum Gasteiger partial charge on any atom is -0.467 e. The number of nitrogens with one attached hydrogen (secondary N) is 1. The molecule has 2 amide bonds. The number of methoxy groups -OCH3 is 1. The van der Waals surface area contributed by atoms with Gasteiger partial charge in [0.15, 0.2) is 0 Å². The van der Waals surface area contributed by atoms with Gasteiger partial charge in [0, 0.05) is 36.6 Å². The van der Waals surface area contributed by atoms with Crippen molar-refractivity contribution in [1.29, 1.82) is 0 Å². The smallest absolute Gasteiger partial charge is 0.408 e. The number of nitrogens with zero attached hydrogens (tertiary/aromatic N) is 2. The topological polar surface area (TPSA) is 97.8 Å². The molecule has 8 nitrogen and oxygen atoms in total. The fraction of sp³-hybridized carbons (Fsp3) is 0.391. The van der Waals surface area contributed by atoms with Crippen molar-refractivity contribution < 1.29 is 23.9 Å². The Morgan fingerprint density at radius 1 is 1.16 bits per heavy atom. The highest BCUT2D eigenvalue weighted by Gasteiger charge is 2.28. The molecule has 1 aliphatic heterocycles. The van der Waals surface area contributed by atoms with Gasteiger partial charge in [-0.05, 0) is 56.5 Å². The van der Waals surface area contributed by atoms with Gasteiger partial charge >= 0.3 is 12.1 Å². The number of alkyl carbamates (subject to hydrolysis) is 1. The van der Waals surface area contributed by atoms with Gasteiger partial charge in [-0.3, -0.25) is 9.78 Å². The fourth-order valence-corrected chi connectivity index (χ4v) is 3.46. The molecule has 0 saturated heterocycles. The lowest BCUT2D eigenvalue weighted by Gasteiger charge is -2.23. The quantitative estimate of drug-likeness (QED) is 0.740. The fourth-order valence-electron chi connectivity index (χ4n) is 3.46. The van der Waals surface area contributed by atoms with Gasteiger partial charge in [0.25, 0.3) is 5.91 Å². The molecular formula is C23H27N3O5. The first-order valence-corrected chi connectivity index (χ1v) is 10.1. The maximum absolute atomic E-state index is 12.8. The molecule has 1 aliphatic rings. The Hall–Kier alpha value is -3.42. The molecule has 0 spiro atoms. The lowest BCUT2D eigenvalue weighted by molar-refractivity contribution is -0.143. The minimum atomic E-state index is -0.881. The Morgan fingerprint density at radius 2 is 1.87 bits per heavy atom. The largest absolute Gasteiger partial charge is 0.467 e. The number of carbonyl (C=O) groups is 3. The predicted molar refractivity (Wildman–Crippen MR) is 115 cm³/mol. The Labute approximate surface area is 181 Å². The van der Waals surface area contributed by atoms with E-state index in [0.717, 1.165) is 16.8 Å². The van der Waals surface area contributed by atoms with E-state index in [0.29, 0.717) is 18.5 Å². The van der Waals surface area contributed by atoms with Crippen molar-refractivity contribution >= 4 is 23.7 Å². The Bertz CT molecular complexity index is 969. The summed E-state index contributed by atoms with van der Waals surface area (Å²) in [5.74, 6) is -0.631. The van der Waals surface area contributed by atoms with Crippen LogP contribution in [0.25, 0.3) is 0 Å². The second-order valence-corrected chi connectivity index (χ2v) is 8.33. The third-order valence-corrected chi connectivity index (χ3v) is 4.83. The van der Waals surface area contributed by atoms with Crippen molar-refractivity contribution in [1.82, 2.24) is 10.3 Å². The van der Waals surface area contributed by atoms with Crippen molar-refractivity contribution in [2.75, 3.05) is 18.6 Å². The van der Waals surface area contributed by atoms with Gasteiger partial charge in [-0.15, -0.1) is 0 Å². The molecule has 3 rings (SSSR count). The molecule has 2 heterocycles. The van der Waals surface area contributed by atoms with E-state index < -0.39 is 23.7 Å². The highest BCUT2D eigenvalue weighted by molar-refractivity contribution is 6.07. The Morgan fingerprint density at radius 3 is 2.52 bits per heavy atom. The summed E-state index contributed by atoms with van der Waals surface area (Å²) in [6, 6.07) is 8.19. The van der Waals surface area contributed by atoms with E-state index in [-0.39, 0.29) is 12.3 Å². The molecule has 2 aromatic rings. The molecule has 0 aliphatic carbocycles. The zero-order valence-corrected chi connectivity index (χ0v) is 18.2. The lowest BCUT2D eigenvalue weighted by Crippen LogP contribution is -2.45. The first-order valence-electron chi connectivity index (χ1n) is 10.1. The zero-order valence-electron chi connectivity index (χ0n) is 18.2. The van der Waals surface area contributed by atoms with E-state index in [2.05, 4.69) is 10.3 Å². The van der Waals surface area contributed by atoms with Gasteiger partial charge < -0.3 is 19.7 Å². The van der Waals surface area contributed by atoms with Crippen molar-refractivity contribution in [3.05, 3.63) is 59.4 Å². The third-order valence-electron chi connectivity index (χ3n) is 4.83.